The lowest BCUT2D eigenvalue weighted by molar-refractivity contribution is 0.0722. The van der Waals surface area contributed by atoms with Crippen molar-refractivity contribution >= 4 is 32.0 Å². The van der Waals surface area contributed by atoms with Crippen LogP contribution >= 0.6 is 15.9 Å². The van der Waals surface area contributed by atoms with Crippen molar-refractivity contribution in [2.75, 3.05) is 12.3 Å². The maximum Gasteiger partial charge on any atom is 0.308 e. The third-order valence-corrected chi connectivity index (χ3v) is 5.44. The summed E-state index contributed by atoms with van der Waals surface area (Å²) in [4.78, 5) is 14.7. The lowest BCUT2D eigenvalue weighted by atomic mass is 10.1. The van der Waals surface area contributed by atoms with Gasteiger partial charge in [-0.15, -0.1) is 0 Å². The van der Waals surface area contributed by atoms with E-state index < -0.39 is 10.1 Å². The van der Waals surface area contributed by atoms with Gasteiger partial charge >= 0.3 is 10.1 Å². The quantitative estimate of drug-likeness (QED) is 0.552. The summed E-state index contributed by atoms with van der Waals surface area (Å²) >= 11 is 3.40. The number of nitrogens with zero attached hydrogens (tertiary/aromatic N) is 1. The zero-order chi connectivity index (χ0) is 20.0. The third-order valence-electron chi connectivity index (χ3n) is 3.79. The van der Waals surface area contributed by atoms with Crippen LogP contribution in [0.3, 0.4) is 0 Å². The molecule has 0 fully saturated rings. The molecule has 0 aromatic heterocycles. The van der Waals surface area contributed by atoms with Crippen LogP contribution < -0.4 is 4.18 Å². The molecule has 0 heterocycles. The predicted octanol–water partition coefficient (Wildman–Crippen LogP) is 4.48. The Morgan fingerprint density at radius 2 is 1.85 bits per heavy atom. The summed E-state index contributed by atoms with van der Waals surface area (Å²) in [6.07, 6.45) is 0. The first-order valence-electron chi connectivity index (χ1n) is 8.76. The Labute approximate surface area is 169 Å². The van der Waals surface area contributed by atoms with Gasteiger partial charge in [0.2, 0.25) is 0 Å². The molecule has 2 aromatic carbocycles. The van der Waals surface area contributed by atoms with Crippen LogP contribution in [-0.4, -0.2) is 31.5 Å². The van der Waals surface area contributed by atoms with E-state index in [1.165, 1.54) is 6.92 Å². The van der Waals surface area contributed by atoms with Gasteiger partial charge in [-0.05, 0) is 48.7 Å². The van der Waals surface area contributed by atoms with Crippen molar-refractivity contribution in [3.05, 3.63) is 64.1 Å². The Bertz CT molecular complexity index is 896. The van der Waals surface area contributed by atoms with Crippen molar-refractivity contribution < 1.29 is 17.4 Å². The number of carbonyl (C=O) groups excluding carboxylic acids is 1. The molecule has 0 saturated heterocycles. The SMILES string of the molecule is CCS(=O)(=O)Oc1cccc(CN(CC(C)C)C(=O)c2cccc(Br)c2)c1. The zero-order valence-electron chi connectivity index (χ0n) is 15.7. The molecular formula is C20H24BrNO4S. The summed E-state index contributed by atoms with van der Waals surface area (Å²) < 4.78 is 29.3. The van der Waals surface area contributed by atoms with E-state index in [0.717, 1.165) is 10.0 Å². The molecule has 5 nitrogen and oxygen atoms in total. The Hall–Kier alpha value is -1.86. The zero-order valence-corrected chi connectivity index (χ0v) is 18.1. The van der Waals surface area contributed by atoms with Crippen LogP contribution in [0.2, 0.25) is 0 Å². The Balaban J connectivity index is 2.24. The van der Waals surface area contributed by atoms with Gasteiger partial charge in [0.15, 0.2) is 0 Å². The largest absolute Gasteiger partial charge is 0.382 e. The van der Waals surface area contributed by atoms with Gasteiger partial charge in [-0.2, -0.15) is 8.42 Å². The molecule has 0 aliphatic heterocycles. The maximum atomic E-state index is 13.0. The van der Waals surface area contributed by atoms with E-state index in [2.05, 4.69) is 29.8 Å². The second-order valence-corrected chi connectivity index (χ2v) is 9.44. The standard InChI is InChI=1S/C20H24BrNO4S/c1-4-27(24,25)26-19-10-5-7-16(11-19)14-22(13-15(2)3)20(23)17-8-6-9-18(21)12-17/h5-12,15H,4,13-14H2,1-3H3. The molecule has 0 N–H and O–H groups in total. The van der Waals surface area contributed by atoms with E-state index in [9.17, 15) is 13.2 Å². The molecule has 146 valence electrons. The Kier molecular flexibility index (Phi) is 7.44. The minimum Gasteiger partial charge on any atom is -0.382 e. The van der Waals surface area contributed by atoms with Crippen molar-refractivity contribution in [1.82, 2.24) is 4.90 Å². The van der Waals surface area contributed by atoms with Crippen molar-refractivity contribution in [3.8, 4) is 5.75 Å². The van der Waals surface area contributed by atoms with E-state index in [0.29, 0.717) is 24.6 Å². The second kappa shape index (κ2) is 9.37. The van der Waals surface area contributed by atoms with E-state index in [1.54, 1.807) is 35.2 Å². The number of rotatable bonds is 8. The summed E-state index contributed by atoms with van der Waals surface area (Å²) in [5.41, 5.74) is 1.41. The average molecular weight is 454 g/mol. The highest BCUT2D eigenvalue weighted by Gasteiger charge is 2.18. The minimum atomic E-state index is -3.59. The molecular weight excluding hydrogens is 430 g/mol. The summed E-state index contributed by atoms with van der Waals surface area (Å²) in [5.74, 6) is 0.380. The van der Waals surface area contributed by atoms with E-state index in [1.807, 2.05) is 18.2 Å². The molecule has 0 aliphatic rings. The summed E-state index contributed by atoms with van der Waals surface area (Å²) in [7, 11) is -3.59. The van der Waals surface area contributed by atoms with Crippen LogP contribution in [0.25, 0.3) is 0 Å². The third kappa shape index (κ3) is 6.66. The molecule has 0 unspecified atom stereocenters. The molecule has 2 rings (SSSR count). The van der Waals surface area contributed by atoms with Crippen molar-refractivity contribution in [2.24, 2.45) is 5.92 Å². The van der Waals surface area contributed by atoms with Gasteiger partial charge in [-0.1, -0.05) is 48.0 Å². The molecule has 27 heavy (non-hydrogen) atoms. The van der Waals surface area contributed by atoms with Crippen LogP contribution in [0.1, 0.15) is 36.7 Å². The first-order chi connectivity index (χ1) is 12.7. The molecule has 0 radical (unpaired) electrons. The van der Waals surface area contributed by atoms with Crippen LogP contribution in [0.15, 0.2) is 53.0 Å². The van der Waals surface area contributed by atoms with Crippen LogP contribution in [0.4, 0.5) is 0 Å². The number of amides is 1. The van der Waals surface area contributed by atoms with E-state index >= 15 is 0 Å². The highest BCUT2D eigenvalue weighted by Crippen LogP contribution is 2.20. The molecule has 2 aromatic rings. The van der Waals surface area contributed by atoms with Crippen LogP contribution in [0, 0.1) is 5.92 Å². The van der Waals surface area contributed by atoms with Gasteiger partial charge in [0.25, 0.3) is 5.91 Å². The number of hydrogen-bond donors (Lipinski definition) is 0. The number of carbonyl (C=O) groups is 1. The minimum absolute atomic E-state index is 0.0718. The average Bonchev–Trinajstić information content (AvgIpc) is 2.60. The summed E-state index contributed by atoms with van der Waals surface area (Å²) in [6, 6.07) is 14.1. The molecule has 0 aliphatic carbocycles. The summed E-state index contributed by atoms with van der Waals surface area (Å²) in [5, 5.41) is 0. The first-order valence-corrected chi connectivity index (χ1v) is 11.1. The van der Waals surface area contributed by atoms with Crippen LogP contribution in [0.5, 0.6) is 5.75 Å². The van der Waals surface area contributed by atoms with Gasteiger partial charge in [0.05, 0.1) is 5.75 Å². The molecule has 0 saturated carbocycles. The van der Waals surface area contributed by atoms with Crippen LogP contribution in [-0.2, 0) is 16.7 Å². The fraction of sp³-hybridized carbons (Fsp3) is 0.350. The molecule has 0 atom stereocenters. The molecule has 1 amide bonds. The molecule has 0 spiro atoms. The Morgan fingerprint density at radius 3 is 2.48 bits per heavy atom. The van der Waals surface area contributed by atoms with Gasteiger partial charge in [-0.3, -0.25) is 4.79 Å². The molecule has 0 bridgehead atoms. The molecule has 7 heteroatoms. The van der Waals surface area contributed by atoms with Crippen molar-refractivity contribution in [2.45, 2.75) is 27.3 Å². The maximum absolute atomic E-state index is 13.0. The van der Waals surface area contributed by atoms with E-state index in [-0.39, 0.29) is 17.4 Å². The number of benzene rings is 2. The van der Waals surface area contributed by atoms with Gasteiger partial charge in [0.1, 0.15) is 5.75 Å². The summed E-state index contributed by atoms with van der Waals surface area (Å²) in [6.45, 7) is 6.58. The second-order valence-electron chi connectivity index (χ2n) is 6.67. The monoisotopic (exact) mass is 453 g/mol. The van der Waals surface area contributed by atoms with E-state index in [4.69, 9.17) is 4.18 Å². The smallest absolute Gasteiger partial charge is 0.308 e. The first kappa shape index (κ1) is 21.4. The number of hydrogen-bond acceptors (Lipinski definition) is 4. The predicted molar refractivity (Wildman–Crippen MR) is 110 cm³/mol. The fourth-order valence-corrected chi connectivity index (χ4v) is 3.50. The lowest BCUT2D eigenvalue weighted by Gasteiger charge is -2.25. The van der Waals surface area contributed by atoms with Gasteiger partial charge in [0, 0.05) is 23.1 Å². The van der Waals surface area contributed by atoms with Gasteiger partial charge < -0.3 is 9.08 Å². The normalized spacial score (nSPS) is 11.4. The van der Waals surface area contributed by atoms with Crippen molar-refractivity contribution in [1.29, 1.82) is 0 Å². The Morgan fingerprint density at radius 1 is 1.15 bits per heavy atom. The number of halogens is 1. The highest BCUT2D eigenvalue weighted by atomic mass is 79.9. The van der Waals surface area contributed by atoms with Gasteiger partial charge in [-0.25, -0.2) is 0 Å². The van der Waals surface area contributed by atoms with Crippen molar-refractivity contribution in [3.63, 3.8) is 0 Å². The highest BCUT2D eigenvalue weighted by molar-refractivity contribution is 9.10. The topological polar surface area (TPSA) is 63.7 Å². The fourth-order valence-electron chi connectivity index (χ4n) is 2.59. The lowest BCUT2D eigenvalue weighted by Crippen LogP contribution is -2.33.